The Labute approximate surface area is 116 Å². The number of hydrogen-bond acceptors (Lipinski definition) is 1. The normalized spacial score (nSPS) is 14.7. The molecule has 0 aromatic heterocycles. The molecule has 1 aromatic carbocycles. The second-order valence-corrected chi connectivity index (χ2v) is 7.39. The predicted octanol–water partition coefficient (Wildman–Crippen LogP) is 3.81. The lowest BCUT2D eigenvalue weighted by Crippen LogP contribution is -2.22. The molecule has 6 heteroatoms. The molecule has 18 heavy (non-hydrogen) atoms. The number of nitrogens with zero attached hydrogens (tertiary/aromatic N) is 1. The average Bonchev–Trinajstić information content (AvgIpc) is 2.28. The van der Waals surface area contributed by atoms with E-state index in [1.807, 2.05) is 0 Å². The zero-order chi connectivity index (χ0) is 13.9. The van der Waals surface area contributed by atoms with Gasteiger partial charge in [-0.3, -0.25) is 0 Å². The molecule has 0 aliphatic rings. The van der Waals surface area contributed by atoms with Crippen LogP contribution in [0.4, 0.5) is 8.78 Å². The Bertz CT molecular complexity index is 497. The van der Waals surface area contributed by atoms with Gasteiger partial charge in [-0.15, -0.1) is 0 Å². The summed E-state index contributed by atoms with van der Waals surface area (Å²) in [5.41, 5.74) is -0.105. The first-order chi connectivity index (χ1) is 8.27. The molecule has 1 rings (SSSR count). The SMILES string of the molecule is CC(C)(C)[S@](=O)N=C(CF)c1cccc(Br)c1F. The van der Waals surface area contributed by atoms with Gasteiger partial charge in [0.25, 0.3) is 0 Å². The molecule has 1 aromatic rings. The van der Waals surface area contributed by atoms with Gasteiger partial charge in [0.15, 0.2) is 0 Å². The van der Waals surface area contributed by atoms with Crippen molar-refractivity contribution in [3.8, 4) is 0 Å². The van der Waals surface area contributed by atoms with Gasteiger partial charge in [-0.05, 0) is 48.8 Å². The maximum absolute atomic E-state index is 13.8. The summed E-state index contributed by atoms with van der Waals surface area (Å²) in [6.07, 6.45) is 0. The fourth-order valence-corrected chi connectivity index (χ4v) is 2.10. The van der Waals surface area contributed by atoms with E-state index in [2.05, 4.69) is 20.3 Å². The van der Waals surface area contributed by atoms with E-state index < -0.39 is 28.2 Å². The van der Waals surface area contributed by atoms with Gasteiger partial charge in [0, 0.05) is 5.56 Å². The first-order valence-electron chi connectivity index (χ1n) is 5.27. The van der Waals surface area contributed by atoms with E-state index in [4.69, 9.17) is 0 Å². The lowest BCUT2D eigenvalue weighted by molar-refractivity contribution is 0.575. The molecule has 0 saturated carbocycles. The summed E-state index contributed by atoms with van der Waals surface area (Å²) in [5, 5.41) is 0. The molecule has 100 valence electrons. The second kappa shape index (κ2) is 6.02. The van der Waals surface area contributed by atoms with E-state index in [0.29, 0.717) is 0 Å². The minimum Gasteiger partial charge on any atom is -0.244 e. The van der Waals surface area contributed by atoms with Crippen molar-refractivity contribution >= 4 is 32.6 Å². The number of hydrogen-bond donors (Lipinski definition) is 0. The van der Waals surface area contributed by atoms with Gasteiger partial charge >= 0.3 is 0 Å². The van der Waals surface area contributed by atoms with Gasteiger partial charge in [-0.2, -0.15) is 4.40 Å². The summed E-state index contributed by atoms with van der Waals surface area (Å²) < 4.78 is 42.0. The van der Waals surface area contributed by atoms with E-state index in [-0.39, 0.29) is 15.7 Å². The largest absolute Gasteiger partial charge is 0.244 e. The van der Waals surface area contributed by atoms with Gasteiger partial charge in [0.05, 0.1) is 14.9 Å². The zero-order valence-electron chi connectivity index (χ0n) is 10.3. The van der Waals surface area contributed by atoms with Crippen molar-refractivity contribution in [1.82, 2.24) is 0 Å². The van der Waals surface area contributed by atoms with Crippen LogP contribution in [0.3, 0.4) is 0 Å². The maximum Gasteiger partial charge on any atom is 0.146 e. The number of rotatable bonds is 3. The topological polar surface area (TPSA) is 29.4 Å². The van der Waals surface area contributed by atoms with E-state index in [1.54, 1.807) is 26.8 Å². The highest BCUT2D eigenvalue weighted by molar-refractivity contribution is 9.10. The molecule has 0 amide bonds. The predicted molar refractivity (Wildman–Crippen MR) is 74.5 cm³/mol. The lowest BCUT2D eigenvalue weighted by Gasteiger charge is -2.14. The van der Waals surface area contributed by atoms with Crippen LogP contribution in [0.1, 0.15) is 26.3 Å². The second-order valence-electron chi connectivity index (χ2n) is 4.63. The molecule has 0 aliphatic heterocycles. The third-order valence-corrected chi connectivity index (χ3v) is 4.15. The first kappa shape index (κ1) is 15.4. The van der Waals surface area contributed by atoms with Gasteiger partial charge in [-0.25, -0.2) is 13.0 Å². The van der Waals surface area contributed by atoms with Gasteiger partial charge in [0.1, 0.15) is 23.5 Å². The van der Waals surface area contributed by atoms with Crippen LogP contribution in [0.25, 0.3) is 0 Å². The van der Waals surface area contributed by atoms with Crippen molar-refractivity contribution in [2.24, 2.45) is 4.40 Å². The summed E-state index contributed by atoms with van der Waals surface area (Å²) in [5.74, 6) is -0.597. The minimum absolute atomic E-state index is 0.0319. The Morgan fingerprint density at radius 3 is 2.56 bits per heavy atom. The molecule has 2 nitrogen and oxygen atoms in total. The monoisotopic (exact) mass is 337 g/mol. The molecular weight excluding hydrogens is 324 g/mol. The Morgan fingerprint density at radius 2 is 2.06 bits per heavy atom. The average molecular weight is 338 g/mol. The summed E-state index contributed by atoms with van der Waals surface area (Å²) in [4.78, 5) is 0. The van der Waals surface area contributed by atoms with Crippen molar-refractivity contribution < 1.29 is 13.0 Å². The van der Waals surface area contributed by atoms with E-state index in [0.717, 1.165) is 0 Å². The van der Waals surface area contributed by atoms with Gasteiger partial charge in [0.2, 0.25) is 0 Å². The van der Waals surface area contributed by atoms with Crippen LogP contribution in [0, 0.1) is 5.82 Å². The van der Waals surface area contributed by atoms with Crippen LogP contribution >= 0.6 is 15.9 Å². The Kier molecular flexibility index (Phi) is 5.16. The first-order valence-corrected chi connectivity index (χ1v) is 7.17. The molecule has 0 heterocycles. The van der Waals surface area contributed by atoms with E-state index >= 15 is 0 Å². The highest BCUT2D eigenvalue weighted by Crippen LogP contribution is 2.21. The molecule has 0 aliphatic carbocycles. The summed E-state index contributed by atoms with van der Waals surface area (Å²) in [6, 6.07) is 4.50. The highest BCUT2D eigenvalue weighted by atomic mass is 79.9. The van der Waals surface area contributed by atoms with Gasteiger partial charge in [-0.1, -0.05) is 6.07 Å². The summed E-state index contributed by atoms with van der Waals surface area (Å²) in [7, 11) is -1.62. The maximum atomic E-state index is 13.8. The van der Waals surface area contributed by atoms with Crippen molar-refractivity contribution in [3.05, 3.63) is 34.1 Å². The molecular formula is C12H14BrF2NOS. The van der Waals surface area contributed by atoms with Crippen molar-refractivity contribution in [2.45, 2.75) is 25.5 Å². The third-order valence-electron chi connectivity index (χ3n) is 2.11. The molecule has 0 saturated heterocycles. The Hall–Kier alpha value is -0.620. The van der Waals surface area contributed by atoms with E-state index in [9.17, 15) is 13.0 Å². The molecule has 0 unspecified atom stereocenters. The fraction of sp³-hybridized carbons (Fsp3) is 0.417. The van der Waals surface area contributed by atoms with Crippen LogP contribution in [0.15, 0.2) is 27.1 Å². The molecule has 1 atom stereocenters. The standard InChI is InChI=1S/C12H14BrF2NOS/c1-12(2,3)18(17)16-10(7-14)8-5-4-6-9(13)11(8)15/h4-6H,7H2,1-3H3/t18-/m0/s1. The van der Waals surface area contributed by atoms with Crippen LogP contribution in [-0.4, -0.2) is 21.3 Å². The zero-order valence-corrected chi connectivity index (χ0v) is 12.7. The van der Waals surface area contributed by atoms with Crippen molar-refractivity contribution in [2.75, 3.05) is 6.67 Å². The molecule has 0 bridgehead atoms. The number of halogens is 3. The highest BCUT2D eigenvalue weighted by Gasteiger charge is 2.21. The number of benzene rings is 1. The lowest BCUT2D eigenvalue weighted by atomic mass is 10.1. The third kappa shape index (κ3) is 3.68. The van der Waals surface area contributed by atoms with Crippen molar-refractivity contribution in [1.29, 1.82) is 0 Å². The molecule has 0 radical (unpaired) electrons. The summed E-state index contributed by atoms with van der Waals surface area (Å²) >= 11 is 3.02. The van der Waals surface area contributed by atoms with Gasteiger partial charge < -0.3 is 0 Å². The number of alkyl halides is 1. The Morgan fingerprint density at radius 1 is 1.44 bits per heavy atom. The van der Waals surface area contributed by atoms with Crippen LogP contribution in [-0.2, 0) is 11.0 Å². The summed E-state index contributed by atoms with van der Waals surface area (Å²) in [6.45, 7) is 4.20. The smallest absolute Gasteiger partial charge is 0.146 e. The van der Waals surface area contributed by atoms with Crippen LogP contribution in [0.2, 0.25) is 0 Å². The minimum atomic E-state index is -1.62. The van der Waals surface area contributed by atoms with E-state index in [1.165, 1.54) is 12.1 Å². The van der Waals surface area contributed by atoms with Crippen LogP contribution < -0.4 is 0 Å². The van der Waals surface area contributed by atoms with Crippen molar-refractivity contribution in [3.63, 3.8) is 0 Å². The quantitative estimate of drug-likeness (QED) is 0.771. The molecule has 0 fully saturated rings. The molecule has 0 N–H and O–H groups in total. The fourth-order valence-electron chi connectivity index (χ4n) is 1.11. The van der Waals surface area contributed by atoms with Crippen LogP contribution in [0.5, 0.6) is 0 Å². The Balaban J connectivity index is 3.23. The molecule has 0 spiro atoms.